The Labute approximate surface area is 176 Å². The van der Waals surface area contributed by atoms with E-state index < -0.39 is 0 Å². The number of amides is 1. The van der Waals surface area contributed by atoms with Gasteiger partial charge < -0.3 is 14.6 Å². The molecule has 28 heavy (non-hydrogen) atoms. The second kappa shape index (κ2) is 8.79. The van der Waals surface area contributed by atoms with Crippen LogP contribution in [0.2, 0.25) is 0 Å². The summed E-state index contributed by atoms with van der Waals surface area (Å²) in [5.74, 6) is 1.38. The van der Waals surface area contributed by atoms with Crippen molar-refractivity contribution in [2.24, 2.45) is 7.05 Å². The van der Waals surface area contributed by atoms with Crippen molar-refractivity contribution in [1.82, 2.24) is 14.8 Å². The Morgan fingerprint density at radius 1 is 1.25 bits per heavy atom. The molecule has 2 aromatic carbocycles. The van der Waals surface area contributed by atoms with Crippen molar-refractivity contribution in [3.8, 4) is 17.1 Å². The summed E-state index contributed by atoms with van der Waals surface area (Å²) in [5, 5.41) is 11.8. The average Bonchev–Trinajstić information content (AvgIpc) is 3.04. The smallest absolute Gasteiger partial charge is 0.237 e. The number of nitrogens with zero attached hydrogens (tertiary/aromatic N) is 3. The Balaban J connectivity index is 1.72. The first-order valence-corrected chi connectivity index (χ1v) is 10.3. The van der Waals surface area contributed by atoms with E-state index >= 15 is 0 Å². The molecule has 6 nitrogen and oxygen atoms in total. The minimum atomic E-state index is -0.339. The largest absolute Gasteiger partial charge is 0.497 e. The number of carbonyl (C=O) groups is 1. The number of ether oxygens (including phenoxy) is 1. The third kappa shape index (κ3) is 4.56. The lowest BCUT2D eigenvalue weighted by molar-refractivity contribution is -0.115. The molecule has 0 saturated carbocycles. The van der Waals surface area contributed by atoms with Crippen LogP contribution in [0.25, 0.3) is 11.4 Å². The fourth-order valence-corrected chi connectivity index (χ4v) is 4.01. The van der Waals surface area contributed by atoms with E-state index in [4.69, 9.17) is 4.74 Å². The van der Waals surface area contributed by atoms with E-state index in [2.05, 4.69) is 31.4 Å². The zero-order chi connectivity index (χ0) is 20.3. The molecule has 3 rings (SSSR count). The molecule has 8 heteroatoms. The molecule has 1 N–H and O–H groups in total. The number of halogens is 1. The molecule has 1 atom stereocenters. The van der Waals surface area contributed by atoms with Gasteiger partial charge in [0.05, 0.1) is 18.0 Å². The van der Waals surface area contributed by atoms with Crippen molar-refractivity contribution in [2.75, 3.05) is 12.4 Å². The monoisotopic (exact) mass is 460 g/mol. The van der Waals surface area contributed by atoms with Crippen LogP contribution in [0.15, 0.2) is 52.1 Å². The summed E-state index contributed by atoms with van der Waals surface area (Å²) in [5.41, 5.74) is 2.77. The third-order valence-electron chi connectivity index (χ3n) is 4.20. The summed E-state index contributed by atoms with van der Waals surface area (Å²) < 4.78 is 8.01. The van der Waals surface area contributed by atoms with Crippen molar-refractivity contribution in [2.45, 2.75) is 24.3 Å². The van der Waals surface area contributed by atoms with Crippen molar-refractivity contribution in [3.63, 3.8) is 0 Å². The van der Waals surface area contributed by atoms with Gasteiger partial charge in [0.1, 0.15) is 5.75 Å². The molecule has 1 heterocycles. The van der Waals surface area contributed by atoms with Crippen LogP contribution in [-0.4, -0.2) is 33.0 Å². The molecule has 0 spiro atoms. The van der Waals surface area contributed by atoms with Crippen LogP contribution in [0.3, 0.4) is 0 Å². The van der Waals surface area contributed by atoms with Crippen molar-refractivity contribution < 1.29 is 9.53 Å². The topological polar surface area (TPSA) is 69.0 Å². The lowest BCUT2D eigenvalue weighted by atomic mass is 10.2. The van der Waals surface area contributed by atoms with E-state index in [0.29, 0.717) is 5.16 Å². The number of methoxy groups -OCH3 is 1. The summed E-state index contributed by atoms with van der Waals surface area (Å²) >= 11 is 4.85. The molecule has 0 saturated heterocycles. The highest BCUT2D eigenvalue weighted by Gasteiger charge is 2.20. The van der Waals surface area contributed by atoms with Gasteiger partial charge in [-0.2, -0.15) is 0 Å². The molecule has 0 aliphatic rings. The molecule has 0 aliphatic carbocycles. The molecule has 1 unspecified atom stereocenters. The van der Waals surface area contributed by atoms with E-state index in [0.717, 1.165) is 32.9 Å². The van der Waals surface area contributed by atoms with Gasteiger partial charge in [0.15, 0.2) is 11.0 Å². The highest BCUT2D eigenvalue weighted by atomic mass is 79.9. The molecule has 1 aromatic heterocycles. The summed E-state index contributed by atoms with van der Waals surface area (Å²) in [4.78, 5) is 12.6. The molecule has 0 bridgehead atoms. The van der Waals surface area contributed by atoms with Gasteiger partial charge in [-0.25, -0.2) is 0 Å². The van der Waals surface area contributed by atoms with Gasteiger partial charge in [-0.1, -0.05) is 30.0 Å². The summed E-state index contributed by atoms with van der Waals surface area (Å²) in [6, 6.07) is 13.5. The first-order chi connectivity index (χ1) is 13.4. The van der Waals surface area contributed by atoms with Crippen LogP contribution in [0, 0.1) is 6.92 Å². The lowest BCUT2D eigenvalue weighted by Crippen LogP contribution is -2.23. The fraction of sp³-hybridized carbons (Fsp3) is 0.250. The van der Waals surface area contributed by atoms with Crippen molar-refractivity contribution in [3.05, 3.63) is 52.5 Å². The first kappa shape index (κ1) is 20.4. The van der Waals surface area contributed by atoms with Gasteiger partial charge in [-0.05, 0) is 59.6 Å². The number of rotatable bonds is 6. The number of benzene rings is 2. The average molecular weight is 461 g/mol. The molecule has 0 radical (unpaired) electrons. The number of carbonyl (C=O) groups excluding carboxylic acids is 1. The Morgan fingerprint density at radius 3 is 2.75 bits per heavy atom. The quantitative estimate of drug-likeness (QED) is 0.540. The SMILES string of the molecule is COc1cccc(-c2nnc(SC(C)C(=O)Nc3ccc(C)cc3Br)n2C)c1. The predicted molar refractivity (Wildman–Crippen MR) is 116 cm³/mol. The Morgan fingerprint density at radius 2 is 2.04 bits per heavy atom. The van der Waals surface area contributed by atoms with Gasteiger partial charge in [0, 0.05) is 17.1 Å². The number of aryl methyl sites for hydroxylation is 1. The van der Waals surface area contributed by atoms with Crippen LogP contribution in [0.5, 0.6) is 5.75 Å². The van der Waals surface area contributed by atoms with E-state index in [1.807, 2.05) is 67.9 Å². The van der Waals surface area contributed by atoms with E-state index in [1.54, 1.807) is 7.11 Å². The standard InChI is InChI=1S/C20H21BrN4O2S/c1-12-8-9-17(16(21)10-12)22-19(26)13(2)28-20-24-23-18(25(20)3)14-6-5-7-15(11-14)27-4/h5-11,13H,1-4H3,(H,22,26). The summed E-state index contributed by atoms with van der Waals surface area (Å²) in [7, 11) is 3.52. The third-order valence-corrected chi connectivity index (χ3v) is 5.99. The van der Waals surface area contributed by atoms with Crippen molar-refractivity contribution >= 4 is 39.3 Å². The van der Waals surface area contributed by atoms with Crippen LogP contribution in [0.4, 0.5) is 5.69 Å². The first-order valence-electron chi connectivity index (χ1n) is 8.66. The maximum absolute atomic E-state index is 12.6. The van der Waals surface area contributed by atoms with Gasteiger partial charge in [-0.3, -0.25) is 4.79 Å². The number of anilines is 1. The molecule has 0 aliphatic heterocycles. The summed E-state index contributed by atoms with van der Waals surface area (Å²) in [6.07, 6.45) is 0. The highest BCUT2D eigenvalue weighted by molar-refractivity contribution is 9.10. The number of nitrogens with one attached hydrogen (secondary N) is 1. The molecule has 0 fully saturated rings. The molecule has 1 amide bonds. The predicted octanol–water partition coefficient (Wildman–Crippen LogP) is 4.68. The fourth-order valence-electron chi connectivity index (χ4n) is 2.60. The van der Waals surface area contributed by atoms with Crippen LogP contribution in [0.1, 0.15) is 12.5 Å². The minimum absolute atomic E-state index is 0.0968. The van der Waals surface area contributed by atoms with Crippen LogP contribution in [-0.2, 0) is 11.8 Å². The van der Waals surface area contributed by atoms with Gasteiger partial charge in [0.25, 0.3) is 0 Å². The van der Waals surface area contributed by atoms with Gasteiger partial charge in [0.2, 0.25) is 5.91 Å². The molecule has 146 valence electrons. The minimum Gasteiger partial charge on any atom is -0.497 e. The Hall–Kier alpha value is -2.32. The number of hydrogen-bond acceptors (Lipinski definition) is 5. The van der Waals surface area contributed by atoms with Crippen LogP contribution >= 0.6 is 27.7 Å². The zero-order valence-electron chi connectivity index (χ0n) is 16.1. The Kier molecular flexibility index (Phi) is 6.41. The lowest BCUT2D eigenvalue weighted by Gasteiger charge is -2.13. The summed E-state index contributed by atoms with van der Waals surface area (Å²) in [6.45, 7) is 3.85. The zero-order valence-corrected chi connectivity index (χ0v) is 18.5. The second-order valence-electron chi connectivity index (χ2n) is 6.33. The van der Waals surface area contributed by atoms with E-state index in [1.165, 1.54) is 11.8 Å². The number of thioether (sulfide) groups is 1. The molecular formula is C20H21BrN4O2S. The maximum Gasteiger partial charge on any atom is 0.237 e. The second-order valence-corrected chi connectivity index (χ2v) is 8.49. The maximum atomic E-state index is 12.6. The van der Waals surface area contributed by atoms with E-state index in [-0.39, 0.29) is 11.2 Å². The number of aromatic nitrogens is 3. The number of hydrogen-bond donors (Lipinski definition) is 1. The molecular weight excluding hydrogens is 440 g/mol. The van der Waals surface area contributed by atoms with E-state index in [9.17, 15) is 4.79 Å². The van der Waals surface area contributed by atoms with Crippen molar-refractivity contribution in [1.29, 1.82) is 0 Å². The van der Waals surface area contributed by atoms with Gasteiger partial charge in [-0.15, -0.1) is 10.2 Å². The Bertz CT molecular complexity index is 1010. The van der Waals surface area contributed by atoms with Crippen LogP contribution < -0.4 is 10.1 Å². The molecule has 3 aromatic rings. The normalized spacial score (nSPS) is 11.9. The highest BCUT2D eigenvalue weighted by Crippen LogP contribution is 2.29. The van der Waals surface area contributed by atoms with Gasteiger partial charge >= 0.3 is 0 Å².